The number of ether oxygens (including phenoxy) is 1. The Morgan fingerprint density at radius 2 is 2.03 bits per heavy atom. The summed E-state index contributed by atoms with van der Waals surface area (Å²) in [7, 11) is 0. The molecule has 2 aromatic carbocycles. The Hall–Kier alpha value is -3.48. The quantitative estimate of drug-likeness (QED) is 0.445. The molecule has 0 bridgehead atoms. The lowest BCUT2D eigenvalue weighted by Crippen LogP contribution is -2.52. The van der Waals surface area contributed by atoms with E-state index < -0.39 is 41.0 Å². The van der Waals surface area contributed by atoms with E-state index in [1.807, 2.05) is 6.92 Å². The van der Waals surface area contributed by atoms with Crippen LogP contribution in [0.4, 0.5) is 19.0 Å². The molecule has 0 radical (unpaired) electrons. The number of nitrogens with one attached hydrogen (secondary N) is 1. The van der Waals surface area contributed by atoms with Gasteiger partial charge in [0.2, 0.25) is 5.60 Å². The zero-order valence-electron chi connectivity index (χ0n) is 20.8. The Balaban J connectivity index is 1.23. The third-order valence-corrected chi connectivity index (χ3v) is 7.26. The number of carbonyl (C=O) groups excluding carboxylic acids is 2. The average Bonchev–Trinajstić information content (AvgIpc) is 3.49. The second-order valence-electron chi connectivity index (χ2n) is 9.84. The number of benzene rings is 2. The van der Waals surface area contributed by atoms with Gasteiger partial charge in [0.1, 0.15) is 17.5 Å². The number of hydrogen-bond acceptors (Lipinski definition) is 6. The van der Waals surface area contributed by atoms with Crippen LogP contribution in [0.25, 0.3) is 0 Å². The maximum Gasteiger partial charge on any atom is 0.270 e. The Bertz CT molecular complexity index is 1400. The minimum absolute atomic E-state index is 0.0196. The van der Waals surface area contributed by atoms with Gasteiger partial charge >= 0.3 is 0 Å². The molecule has 3 heterocycles. The number of rotatable bonds is 6. The smallest absolute Gasteiger partial charge is 0.270 e. The third-order valence-electron chi connectivity index (χ3n) is 7.04. The maximum absolute atomic E-state index is 14.3. The molecule has 2 aliphatic rings. The van der Waals surface area contributed by atoms with Crippen molar-refractivity contribution in [3.05, 3.63) is 76.2 Å². The van der Waals surface area contributed by atoms with Crippen LogP contribution in [-0.4, -0.2) is 50.7 Å². The summed E-state index contributed by atoms with van der Waals surface area (Å²) in [5.41, 5.74) is -1.81. The molecule has 2 N–H and O–H groups in total. The summed E-state index contributed by atoms with van der Waals surface area (Å²) in [5.74, 6) is -3.51. The highest BCUT2D eigenvalue weighted by Crippen LogP contribution is 2.38. The van der Waals surface area contributed by atoms with Crippen molar-refractivity contribution in [2.24, 2.45) is 5.92 Å². The van der Waals surface area contributed by atoms with E-state index in [-0.39, 0.29) is 54.5 Å². The topological polar surface area (TPSA) is 110 Å². The highest BCUT2D eigenvalue weighted by molar-refractivity contribution is 6.30. The van der Waals surface area contributed by atoms with Crippen molar-refractivity contribution < 1.29 is 32.6 Å². The Morgan fingerprint density at radius 1 is 1.23 bits per heavy atom. The van der Waals surface area contributed by atoms with Gasteiger partial charge in [-0.15, -0.1) is 5.10 Å². The average molecular weight is 564 g/mol. The summed E-state index contributed by atoms with van der Waals surface area (Å²) in [6.07, 6.45) is 1.03. The Morgan fingerprint density at radius 3 is 2.77 bits per heavy atom. The number of halogens is 4. The molecule has 39 heavy (non-hydrogen) atoms. The van der Waals surface area contributed by atoms with Gasteiger partial charge in [0.15, 0.2) is 5.82 Å². The van der Waals surface area contributed by atoms with E-state index in [4.69, 9.17) is 16.3 Å². The van der Waals surface area contributed by atoms with Crippen molar-refractivity contribution in [1.82, 2.24) is 20.3 Å². The monoisotopic (exact) mass is 563 g/mol. The van der Waals surface area contributed by atoms with Crippen molar-refractivity contribution in [1.29, 1.82) is 0 Å². The fourth-order valence-electron chi connectivity index (χ4n) is 5.03. The molecule has 3 aromatic rings. The van der Waals surface area contributed by atoms with Gasteiger partial charge in [-0.3, -0.25) is 14.5 Å². The molecular weight excluding hydrogens is 539 g/mol. The second kappa shape index (κ2) is 10.6. The molecule has 2 fully saturated rings. The van der Waals surface area contributed by atoms with Gasteiger partial charge in [0.05, 0.1) is 24.9 Å². The SMILES string of the molecule is C[C@H]1C[C@@H](n2ncc(N3CC[C@](O)(C(=O)NCc4cc(F)cc(Cl)c4)C3=O)n2)CO[C@@H]1c1cc(F)ccc1F. The highest BCUT2D eigenvalue weighted by Gasteiger charge is 2.52. The van der Waals surface area contributed by atoms with Crippen molar-refractivity contribution in [2.75, 3.05) is 18.1 Å². The molecular formula is C26H25ClF3N5O4. The third kappa shape index (κ3) is 5.36. The number of carbonyl (C=O) groups is 2. The minimum atomic E-state index is -2.33. The number of aliphatic hydroxyl groups is 1. The Labute approximate surface area is 226 Å². The normalized spacial score (nSPS) is 25.2. The van der Waals surface area contributed by atoms with E-state index in [0.29, 0.717) is 12.0 Å². The van der Waals surface area contributed by atoms with E-state index in [0.717, 1.165) is 24.3 Å². The number of aromatic nitrogens is 3. The maximum atomic E-state index is 14.3. The molecule has 2 amide bonds. The number of nitrogens with zero attached hydrogens (tertiary/aromatic N) is 4. The lowest BCUT2D eigenvalue weighted by Gasteiger charge is -2.34. The highest BCUT2D eigenvalue weighted by atomic mass is 35.5. The number of amides is 2. The molecule has 9 nitrogen and oxygen atoms in total. The second-order valence-corrected chi connectivity index (χ2v) is 10.3. The van der Waals surface area contributed by atoms with Gasteiger partial charge in [-0.1, -0.05) is 18.5 Å². The van der Waals surface area contributed by atoms with Crippen molar-refractivity contribution in [3.63, 3.8) is 0 Å². The van der Waals surface area contributed by atoms with E-state index in [9.17, 15) is 27.9 Å². The molecule has 0 spiro atoms. The van der Waals surface area contributed by atoms with Crippen LogP contribution < -0.4 is 10.2 Å². The summed E-state index contributed by atoms with van der Waals surface area (Å²) in [4.78, 5) is 28.3. The summed E-state index contributed by atoms with van der Waals surface area (Å²) in [6.45, 7) is 1.86. The van der Waals surface area contributed by atoms with Crippen molar-refractivity contribution in [2.45, 2.75) is 44.1 Å². The molecule has 0 unspecified atom stereocenters. The van der Waals surface area contributed by atoms with Gasteiger partial charge in [-0.2, -0.15) is 9.90 Å². The Kier molecular flexibility index (Phi) is 7.36. The largest absolute Gasteiger partial charge is 0.372 e. The van der Waals surface area contributed by atoms with Crippen LogP contribution in [0.5, 0.6) is 0 Å². The van der Waals surface area contributed by atoms with Crippen molar-refractivity contribution >= 4 is 29.2 Å². The van der Waals surface area contributed by atoms with Gasteiger partial charge in [-0.25, -0.2) is 13.2 Å². The number of hydrogen-bond donors (Lipinski definition) is 2. The first-order chi connectivity index (χ1) is 18.5. The summed E-state index contributed by atoms with van der Waals surface area (Å²) in [6, 6.07) is 6.68. The van der Waals surface area contributed by atoms with E-state index >= 15 is 0 Å². The van der Waals surface area contributed by atoms with E-state index in [1.165, 1.54) is 28.0 Å². The van der Waals surface area contributed by atoms with Crippen LogP contribution in [0.3, 0.4) is 0 Å². The molecule has 1 aromatic heterocycles. The molecule has 2 aliphatic heterocycles. The fourth-order valence-corrected chi connectivity index (χ4v) is 5.28. The fraction of sp³-hybridized carbons (Fsp3) is 0.385. The zero-order chi connectivity index (χ0) is 27.9. The first kappa shape index (κ1) is 27.1. The molecule has 2 saturated heterocycles. The molecule has 13 heteroatoms. The zero-order valence-corrected chi connectivity index (χ0v) is 21.5. The van der Waals surface area contributed by atoms with Crippen LogP contribution in [-0.2, 0) is 20.9 Å². The molecule has 206 valence electrons. The van der Waals surface area contributed by atoms with E-state index in [1.54, 1.807) is 0 Å². The van der Waals surface area contributed by atoms with Crippen LogP contribution >= 0.6 is 11.6 Å². The standard InChI is InChI=1S/C26H25ClF3N5O4/c1-14-6-19(13-39-23(14)20-10-17(28)2-3-21(20)30)35-32-12-22(33-35)34-5-4-26(38,25(34)37)24(36)31-11-15-7-16(27)9-18(29)8-15/h2-3,7-10,12,14,19,23,38H,4-6,11,13H2,1H3,(H,31,36)/t14-,19+,23-,26-/m0/s1. The van der Waals surface area contributed by atoms with Crippen LogP contribution in [0.2, 0.25) is 5.02 Å². The first-order valence-corrected chi connectivity index (χ1v) is 12.7. The van der Waals surface area contributed by atoms with E-state index in [2.05, 4.69) is 15.5 Å². The van der Waals surface area contributed by atoms with Gasteiger partial charge < -0.3 is 15.2 Å². The van der Waals surface area contributed by atoms with Crippen LogP contribution in [0, 0.1) is 23.4 Å². The van der Waals surface area contributed by atoms with Gasteiger partial charge in [0.25, 0.3) is 11.8 Å². The predicted molar refractivity (Wildman–Crippen MR) is 133 cm³/mol. The lowest BCUT2D eigenvalue weighted by atomic mass is 9.89. The molecule has 0 saturated carbocycles. The first-order valence-electron chi connectivity index (χ1n) is 12.3. The van der Waals surface area contributed by atoms with Gasteiger partial charge in [-0.05, 0) is 54.3 Å². The minimum Gasteiger partial charge on any atom is -0.372 e. The molecule has 4 atom stereocenters. The molecule has 0 aliphatic carbocycles. The van der Waals surface area contributed by atoms with Crippen LogP contribution in [0.15, 0.2) is 42.6 Å². The summed E-state index contributed by atoms with van der Waals surface area (Å²) < 4.78 is 47.4. The van der Waals surface area contributed by atoms with Gasteiger partial charge in [0, 0.05) is 30.1 Å². The van der Waals surface area contributed by atoms with Crippen molar-refractivity contribution in [3.8, 4) is 0 Å². The molecule has 5 rings (SSSR count). The lowest BCUT2D eigenvalue weighted by molar-refractivity contribution is -0.149. The predicted octanol–water partition coefficient (Wildman–Crippen LogP) is 3.47. The summed E-state index contributed by atoms with van der Waals surface area (Å²) >= 11 is 5.83. The number of anilines is 1. The summed E-state index contributed by atoms with van der Waals surface area (Å²) in [5, 5.41) is 22.1. The van der Waals surface area contributed by atoms with Crippen LogP contribution in [0.1, 0.15) is 43.0 Å².